The van der Waals surface area contributed by atoms with Crippen molar-refractivity contribution in [3.63, 3.8) is 0 Å². The summed E-state index contributed by atoms with van der Waals surface area (Å²) >= 11 is 0. The second-order valence-corrected chi connectivity index (χ2v) is 6.92. The molecule has 1 heterocycles. The van der Waals surface area contributed by atoms with Gasteiger partial charge in [0, 0.05) is 30.9 Å². The van der Waals surface area contributed by atoms with Gasteiger partial charge in [0.2, 0.25) is 0 Å². The van der Waals surface area contributed by atoms with Crippen molar-refractivity contribution < 1.29 is 9.59 Å². The quantitative estimate of drug-likeness (QED) is 0.684. The molecule has 0 unspecified atom stereocenters. The number of carbonyl (C=O) groups excluding carboxylic acids is 2. The first-order valence-corrected chi connectivity index (χ1v) is 9.64. The highest BCUT2D eigenvalue weighted by molar-refractivity contribution is 6.02. The van der Waals surface area contributed by atoms with Gasteiger partial charge in [-0.1, -0.05) is 44.2 Å². The molecule has 5 nitrogen and oxygen atoms in total. The highest BCUT2D eigenvalue weighted by Crippen LogP contribution is 2.21. The molecule has 0 bridgehead atoms. The minimum Gasteiger partial charge on any atom is -0.354 e. The Morgan fingerprint density at radius 2 is 1.63 bits per heavy atom. The van der Waals surface area contributed by atoms with Crippen LogP contribution in [0.25, 0.3) is 0 Å². The van der Waals surface area contributed by atoms with Crippen molar-refractivity contribution in [3.05, 3.63) is 58.4 Å². The minimum absolute atomic E-state index is 0.0157. The highest BCUT2D eigenvalue weighted by Gasteiger charge is 2.24. The molecule has 5 heteroatoms. The van der Waals surface area contributed by atoms with E-state index in [2.05, 4.69) is 23.7 Å². The lowest BCUT2D eigenvalue weighted by Gasteiger charge is -2.26. The van der Waals surface area contributed by atoms with E-state index in [0.29, 0.717) is 24.3 Å². The number of Topliss-reactive ketones (excluding diaryl/α,β-unsaturated/α-hetero) is 1. The van der Waals surface area contributed by atoms with E-state index >= 15 is 0 Å². The van der Waals surface area contributed by atoms with Crippen molar-refractivity contribution in [2.24, 2.45) is 0 Å². The SMILES string of the molecule is CCN(CC)CCN(Cc1ccccc1)C(=O)c1[nH]c(C)c(C(C)=O)c1C. The summed E-state index contributed by atoms with van der Waals surface area (Å²) in [7, 11) is 0. The zero-order valence-electron chi connectivity index (χ0n) is 17.1. The lowest BCUT2D eigenvalue weighted by Crippen LogP contribution is -2.38. The molecule has 0 radical (unpaired) electrons. The molecule has 0 fully saturated rings. The summed E-state index contributed by atoms with van der Waals surface area (Å²) in [5, 5.41) is 0. The smallest absolute Gasteiger partial charge is 0.270 e. The molecule has 0 spiro atoms. The molecule has 0 saturated carbocycles. The third-order valence-electron chi connectivity index (χ3n) is 5.09. The first-order valence-electron chi connectivity index (χ1n) is 9.64. The third kappa shape index (κ3) is 5.07. The Balaban J connectivity index is 2.30. The van der Waals surface area contributed by atoms with Gasteiger partial charge in [-0.15, -0.1) is 0 Å². The molecule has 0 aliphatic carbocycles. The number of H-pyrrole nitrogens is 1. The van der Waals surface area contributed by atoms with E-state index in [1.54, 1.807) is 6.92 Å². The fraction of sp³-hybridized carbons (Fsp3) is 0.455. The Labute approximate surface area is 162 Å². The maximum atomic E-state index is 13.3. The average Bonchev–Trinajstić information content (AvgIpc) is 2.96. The highest BCUT2D eigenvalue weighted by atomic mass is 16.2. The van der Waals surface area contributed by atoms with Crippen molar-refractivity contribution in [2.75, 3.05) is 26.2 Å². The predicted molar refractivity (Wildman–Crippen MR) is 109 cm³/mol. The van der Waals surface area contributed by atoms with Crippen LogP contribution in [0.3, 0.4) is 0 Å². The van der Waals surface area contributed by atoms with Crippen molar-refractivity contribution in [1.82, 2.24) is 14.8 Å². The van der Waals surface area contributed by atoms with Crippen LogP contribution in [0.4, 0.5) is 0 Å². The normalized spacial score (nSPS) is 11.0. The number of aryl methyl sites for hydroxylation is 1. The lowest BCUT2D eigenvalue weighted by atomic mass is 10.1. The van der Waals surface area contributed by atoms with E-state index < -0.39 is 0 Å². The van der Waals surface area contributed by atoms with E-state index in [9.17, 15) is 9.59 Å². The lowest BCUT2D eigenvalue weighted by molar-refractivity contribution is 0.0717. The number of ketones is 1. The standard InChI is InChI=1S/C22H31N3O2/c1-6-24(7-2)13-14-25(15-19-11-9-8-10-12-19)22(27)21-16(3)20(18(5)26)17(4)23-21/h8-12,23H,6-7,13-15H2,1-5H3. The first-order chi connectivity index (χ1) is 12.9. The Morgan fingerprint density at radius 3 is 2.15 bits per heavy atom. The van der Waals surface area contributed by atoms with Crippen LogP contribution in [0.1, 0.15) is 58.4 Å². The van der Waals surface area contributed by atoms with E-state index in [1.807, 2.05) is 49.1 Å². The fourth-order valence-corrected chi connectivity index (χ4v) is 3.51. The summed E-state index contributed by atoms with van der Waals surface area (Å²) in [4.78, 5) is 32.6. The van der Waals surface area contributed by atoms with Gasteiger partial charge in [-0.3, -0.25) is 9.59 Å². The number of amides is 1. The number of hydrogen-bond acceptors (Lipinski definition) is 3. The molecular weight excluding hydrogens is 338 g/mol. The van der Waals surface area contributed by atoms with Gasteiger partial charge in [-0.05, 0) is 45.0 Å². The number of carbonyl (C=O) groups is 2. The van der Waals surface area contributed by atoms with Gasteiger partial charge in [0.25, 0.3) is 5.91 Å². The predicted octanol–water partition coefficient (Wildman–Crippen LogP) is 3.82. The molecule has 0 aliphatic rings. The number of nitrogens with one attached hydrogen (secondary N) is 1. The number of benzene rings is 1. The van der Waals surface area contributed by atoms with E-state index in [4.69, 9.17) is 0 Å². The van der Waals surface area contributed by atoms with Crippen LogP contribution < -0.4 is 0 Å². The van der Waals surface area contributed by atoms with Crippen LogP contribution in [0.15, 0.2) is 30.3 Å². The van der Waals surface area contributed by atoms with Gasteiger partial charge >= 0.3 is 0 Å². The summed E-state index contributed by atoms with van der Waals surface area (Å²) < 4.78 is 0. The molecule has 2 rings (SSSR count). The largest absolute Gasteiger partial charge is 0.354 e. The second-order valence-electron chi connectivity index (χ2n) is 6.92. The maximum absolute atomic E-state index is 13.3. The minimum atomic E-state index is -0.0564. The molecule has 1 aromatic carbocycles. The van der Waals surface area contributed by atoms with Gasteiger partial charge < -0.3 is 14.8 Å². The summed E-state index contributed by atoms with van der Waals surface area (Å²) in [5.41, 5.74) is 3.74. The second kappa shape index (κ2) is 9.51. The van der Waals surface area contributed by atoms with Crippen molar-refractivity contribution in [2.45, 2.75) is 41.2 Å². The number of aromatic amines is 1. The molecule has 1 N–H and O–H groups in total. The fourth-order valence-electron chi connectivity index (χ4n) is 3.51. The van der Waals surface area contributed by atoms with Gasteiger partial charge in [-0.2, -0.15) is 0 Å². The number of hydrogen-bond donors (Lipinski definition) is 1. The maximum Gasteiger partial charge on any atom is 0.270 e. The molecule has 0 aliphatic heterocycles. The van der Waals surface area contributed by atoms with E-state index in [-0.39, 0.29) is 11.7 Å². The molecule has 27 heavy (non-hydrogen) atoms. The van der Waals surface area contributed by atoms with Crippen LogP contribution in [0.2, 0.25) is 0 Å². The van der Waals surface area contributed by atoms with Gasteiger partial charge in [-0.25, -0.2) is 0 Å². The zero-order chi connectivity index (χ0) is 20.0. The van der Waals surface area contributed by atoms with Crippen molar-refractivity contribution >= 4 is 11.7 Å². The summed E-state index contributed by atoms with van der Waals surface area (Å²) in [6, 6.07) is 10.0. The Morgan fingerprint density at radius 1 is 1.00 bits per heavy atom. The Kier molecular flexibility index (Phi) is 7.36. The molecule has 1 amide bonds. The topological polar surface area (TPSA) is 56.4 Å². The Hall–Kier alpha value is -2.40. The number of rotatable bonds is 9. The zero-order valence-corrected chi connectivity index (χ0v) is 17.1. The molecule has 2 aromatic rings. The van der Waals surface area contributed by atoms with E-state index in [0.717, 1.165) is 36.5 Å². The monoisotopic (exact) mass is 369 g/mol. The molecule has 0 atom stereocenters. The summed E-state index contributed by atoms with van der Waals surface area (Å²) in [6.07, 6.45) is 0. The van der Waals surface area contributed by atoms with Crippen LogP contribution in [-0.2, 0) is 6.54 Å². The molecule has 146 valence electrons. The van der Waals surface area contributed by atoms with Gasteiger partial charge in [0.05, 0.1) is 0 Å². The summed E-state index contributed by atoms with van der Waals surface area (Å²) in [5.74, 6) is -0.0721. The first kappa shape index (κ1) is 20.9. The molecular formula is C22H31N3O2. The summed E-state index contributed by atoms with van der Waals surface area (Å²) in [6.45, 7) is 13.4. The van der Waals surface area contributed by atoms with Crippen LogP contribution in [0.5, 0.6) is 0 Å². The van der Waals surface area contributed by atoms with Crippen molar-refractivity contribution in [3.8, 4) is 0 Å². The third-order valence-corrected chi connectivity index (χ3v) is 5.09. The van der Waals surface area contributed by atoms with E-state index in [1.165, 1.54) is 0 Å². The van der Waals surface area contributed by atoms with Crippen LogP contribution in [-0.4, -0.2) is 52.7 Å². The average molecular weight is 370 g/mol. The van der Waals surface area contributed by atoms with Gasteiger partial charge in [0.1, 0.15) is 5.69 Å². The number of aromatic nitrogens is 1. The number of nitrogens with zero attached hydrogens (tertiary/aromatic N) is 2. The van der Waals surface area contributed by atoms with Crippen LogP contribution in [0, 0.1) is 13.8 Å². The Bertz CT molecular complexity index is 776. The number of likely N-dealkylation sites (N-methyl/N-ethyl adjacent to an activating group) is 1. The van der Waals surface area contributed by atoms with Crippen molar-refractivity contribution in [1.29, 1.82) is 0 Å². The van der Waals surface area contributed by atoms with Gasteiger partial charge in [0.15, 0.2) is 5.78 Å². The molecule has 1 aromatic heterocycles. The van der Waals surface area contributed by atoms with Crippen LogP contribution >= 0.6 is 0 Å². The molecule has 0 saturated heterocycles.